The minimum atomic E-state index is 0.631. The first-order valence-electron chi connectivity index (χ1n) is 3.67. The maximum atomic E-state index is 5.54. The van der Waals surface area contributed by atoms with E-state index in [0.29, 0.717) is 11.1 Å². The van der Waals surface area contributed by atoms with Gasteiger partial charge < -0.3 is 10.5 Å². The predicted octanol–water partition coefficient (Wildman–Crippen LogP) is 2.12. The molecule has 0 fully saturated rings. The standard InChI is InChI=1S/C7H12N2OS2/c1-3-10-4-11-6-5(2)9-7(8)12-6/h3-4H2,1-2H3,(H2,8,9). The molecule has 3 nitrogen and oxygen atoms in total. The summed E-state index contributed by atoms with van der Waals surface area (Å²) in [6.45, 7) is 4.69. The van der Waals surface area contributed by atoms with E-state index < -0.39 is 0 Å². The average Bonchev–Trinajstić information content (AvgIpc) is 2.31. The summed E-state index contributed by atoms with van der Waals surface area (Å²) >= 11 is 3.16. The Bertz CT molecular complexity index is 250. The van der Waals surface area contributed by atoms with E-state index in [4.69, 9.17) is 10.5 Å². The highest BCUT2D eigenvalue weighted by atomic mass is 32.2. The molecule has 0 spiro atoms. The Labute approximate surface area is 80.3 Å². The van der Waals surface area contributed by atoms with Crippen molar-refractivity contribution in [2.45, 2.75) is 18.1 Å². The lowest BCUT2D eigenvalue weighted by atomic mass is 10.6. The Kier molecular flexibility index (Phi) is 3.84. The number of thioether (sulfide) groups is 1. The van der Waals surface area contributed by atoms with Gasteiger partial charge in [0.25, 0.3) is 0 Å². The second-order valence-electron chi connectivity index (χ2n) is 2.18. The SMILES string of the molecule is CCOCSc1sc(N)nc1C. The van der Waals surface area contributed by atoms with Gasteiger partial charge >= 0.3 is 0 Å². The monoisotopic (exact) mass is 204 g/mol. The van der Waals surface area contributed by atoms with Crippen molar-refractivity contribution in [1.82, 2.24) is 4.98 Å². The van der Waals surface area contributed by atoms with Crippen LogP contribution in [-0.2, 0) is 4.74 Å². The van der Waals surface area contributed by atoms with Crippen LogP contribution in [0.2, 0.25) is 0 Å². The molecular formula is C7H12N2OS2. The lowest BCUT2D eigenvalue weighted by Crippen LogP contribution is -1.87. The molecule has 0 aliphatic rings. The molecule has 1 heterocycles. The van der Waals surface area contributed by atoms with E-state index in [1.807, 2.05) is 13.8 Å². The van der Waals surface area contributed by atoms with Gasteiger partial charge in [0.05, 0.1) is 15.8 Å². The molecule has 1 aromatic rings. The summed E-state index contributed by atoms with van der Waals surface area (Å²) in [6.07, 6.45) is 0. The van der Waals surface area contributed by atoms with Gasteiger partial charge in [-0.1, -0.05) is 23.1 Å². The molecule has 0 saturated carbocycles. The predicted molar refractivity (Wildman–Crippen MR) is 53.6 cm³/mol. The molecule has 0 atom stereocenters. The van der Waals surface area contributed by atoms with Gasteiger partial charge in [-0.05, 0) is 13.8 Å². The van der Waals surface area contributed by atoms with Crippen LogP contribution in [0.3, 0.4) is 0 Å². The van der Waals surface area contributed by atoms with Crippen LogP contribution in [0.15, 0.2) is 4.21 Å². The smallest absolute Gasteiger partial charge is 0.181 e. The fourth-order valence-corrected chi connectivity index (χ4v) is 2.53. The van der Waals surface area contributed by atoms with Crippen LogP contribution in [0.1, 0.15) is 12.6 Å². The molecule has 0 unspecified atom stereocenters. The van der Waals surface area contributed by atoms with Crippen molar-refractivity contribution in [1.29, 1.82) is 0 Å². The maximum Gasteiger partial charge on any atom is 0.181 e. The number of aromatic nitrogens is 1. The molecule has 0 aliphatic heterocycles. The molecule has 0 saturated heterocycles. The average molecular weight is 204 g/mol. The topological polar surface area (TPSA) is 48.1 Å². The Morgan fingerprint density at radius 3 is 2.92 bits per heavy atom. The molecule has 12 heavy (non-hydrogen) atoms. The van der Waals surface area contributed by atoms with E-state index in [2.05, 4.69) is 4.98 Å². The maximum absolute atomic E-state index is 5.54. The number of rotatable bonds is 4. The fraction of sp³-hybridized carbons (Fsp3) is 0.571. The van der Waals surface area contributed by atoms with Crippen molar-refractivity contribution in [3.63, 3.8) is 0 Å². The van der Waals surface area contributed by atoms with E-state index in [9.17, 15) is 0 Å². The highest BCUT2D eigenvalue weighted by Gasteiger charge is 2.04. The molecule has 5 heteroatoms. The highest BCUT2D eigenvalue weighted by Crippen LogP contribution is 2.30. The van der Waals surface area contributed by atoms with E-state index in [0.717, 1.165) is 16.5 Å². The normalized spacial score (nSPS) is 10.5. The van der Waals surface area contributed by atoms with Gasteiger partial charge in [-0.3, -0.25) is 0 Å². The zero-order valence-corrected chi connectivity index (χ0v) is 8.80. The van der Waals surface area contributed by atoms with Gasteiger partial charge in [-0.25, -0.2) is 4.98 Å². The Hall–Kier alpha value is -0.260. The molecule has 0 radical (unpaired) electrons. The number of nitrogens with two attached hydrogens (primary N) is 1. The van der Waals surface area contributed by atoms with Crippen LogP contribution in [-0.4, -0.2) is 17.5 Å². The Balaban J connectivity index is 2.45. The van der Waals surface area contributed by atoms with Crippen LogP contribution in [0.5, 0.6) is 0 Å². The van der Waals surface area contributed by atoms with Gasteiger partial charge in [-0.15, -0.1) is 0 Å². The van der Waals surface area contributed by atoms with Crippen LogP contribution < -0.4 is 5.73 Å². The van der Waals surface area contributed by atoms with Crippen LogP contribution >= 0.6 is 23.1 Å². The summed E-state index contributed by atoms with van der Waals surface area (Å²) in [6, 6.07) is 0. The van der Waals surface area contributed by atoms with Crippen molar-refractivity contribution in [2.75, 3.05) is 18.3 Å². The summed E-state index contributed by atoms with van der Waals surface area (Å²) in [5, 5.41) is 0.631. The largest absolute Gasteiger partial charge is 0.375 e. The van der Waals surface area contributed by atoms with Gasteiger partial charge in [0, 0.05) is 6.61 Å². The van der Waals surface area contributed by atoms with Crippen LogP contribution in [0.25, 0.3) is 0 Å². The molecule has 68 valence electrons. The summed E-state index contributed by atoms with van der Waals surface area (Å²) in [4.78, 5) is 4.11. The molecule has 0 aromatic carbocycles. The molecule has 0 bridgehead atoms. The van der Waals surface area contributed by atoms with Gasteiger partial charge in [0.2, 0.25) is 0 Å². The lowest BCUT2D eigenvalue weighted by molar-refractivity contribution is 0.199. The van der Waals surface area contributed by atoms with E-state index >= 15 is 0 Å². The first kappa shape index (κ1) is 9.83. The number of hydrogen-bond acceptors (Lipinski definition) is 5. The van der Waals surface area contributed by atoms with E-state index in [1.165, 1.54) is 11.3 Å². The van der Waals surface area contributed by atoms with E-state index in [1.54, 1.807) is 11.8 Å². The highest BCUT2D eigenvalue weighted by molar-refractivity contribution is 8.01. The second-order valence-corrected chi connectivity index (χ2v) is 4.40. The van der Waals surface area contributed by atoms with Gasteiger partial charge in [0.15, 0.2) is 5.13 Å². The number of thiazole rings is 1. The fourth-order valence-electron chi connectivity index (χ4n) is 0.715. The van der Waals surface area contributed by atoms with Crippen molar-refractivity contribution >= 4 is 28.2 Å². The first-order valence-corrected chi connectivity index (χ1v) is 5.47. The number of anilines is 1. The molecule has 1 aromatic heterocycles. The Morgan fingerprint density at radius 2 is 2.42 bits per heavy atom. The lowest BCUT2D eigenvalue weighted by Gasteiger charge is -1.97. The second kappa shape index (κ2) is 4.69. The number of hydrogen-bond donors (Lipinski definition) is 1. The minimum Gasteiger partial charge on any atom is -0.375 e. The van der Waals surface area contributed by atoms with Crippen molar-refractivity contribution in [3.8, 4) is 0 Å². The number of aryl methyl sites for hydroxylation is 1. The summed E-state index contributed by atoms with van der Waals surface area (Å²) < 4.78 is 6.36. The third kappa shape index (κ3) is 2.66. The van der Waals surface area contributed by atoms with Crippen LogP contribution in [0.4, 0.5) is 5.13 Å². The Morgan fingerprint density at radius 1 is 1.67 bits per heavy atom. The third-order valence-electron chi connectivity index (χ3n) is 1.25. The van der Waals surface area contributed by atoms with Crippen molar-refractivity contribution < 1.29 is 4.74 Å². The summed E-state index contributed by atoms with van der Waals surface area (Å²) in [5.41, 5.74) is 6.54. The summed E-state index contributed by atoms with van der Waals surface area (Å²) in [5.74, 6) is 0.680. The zero-order valence-electron chi connectivity index (χ0n) is 7.16. The number of ether oxygens (including phenoxy) is 1. The van der Waals surface area contributed by atoms with E-state index in [-0.39, 0.29) is 0 Å². The summed E-state index contributed by atoms with van der Waals surface area (Å²) in [7, 11) is 0. The first-order chi connectivity index (χ1) is 5.74. The quantitative estimate of drug-likeness (QED) is 0.463. The van der Waals surface area contributed by atoms with Crippen LogP contribution in [0, 0.1) is 6.92 Å². The zero-order chi connectivity index (χ0) is 8.97. The number of nitrogen functional groups attached to an aromatic ring is 1. The number of nitrogens with zero attached hydrogens (tertiary/aromatic N) is 1. The molecular weight excluding hydrogens is 192 g/mol. The van der Waals surface area contributed by atoms with Crippen molar-refractivity contribution in [3.05, 3.63) is 5.69 Å². The molecule has 2 N–H and O–H groups in total. The van der Waals surface area contributed by atoms with Gasteiger partial charge in [-0.2, -0.15) is 0 Å². The molecule has 1 rings (SSSR count). The van der Waals surface area contributed by atoms with Gasteiger partial charge in [0.1, 0.15) is 0 Å². The molecule has 0 aliphatic carbocycles. The molecule has 0 amide bonds. The minimum absolute atomic E-state index is 0.631. The third-order valence-corrected chi connectivity index (χ3v) is 3.47. The van der Waals surface area contributed by atoms with Crippen molar-refractivity contribution in [2.24, 2.45) is 0 Å².